The number of benzene rings is 1. The molecule has 3 rings (SSSR count). The lowest BCUT2D eigenvalue weighted by atomic mass is 9.96. The summed E-state index contributed by atoms with van der Waals surface area (Å²) in [4.78, 5) is 15.4. The van der Waals surface area contributed by atoms with Crippen LogP contribution in [0.2, 0.25) is 0 Å². The number of aliphatic hydroxyl groups is 1. The number of aliphatic carboxylic acids is 1. The van der Waals surface area contributed by atoms with E-state index >= 15 is 0 Å². The van der Waals surface area contributed by atoms with Gasteiger partial charge in [0, 0.05) is 37.4 Å². The molecule has 0 amide bonds. The summed E-state index contributed by atoms with van der Waals surface area (Å²) in [7, 11) is 0. The Hall–Kier alpha value is -2.18. The standard InChI is InChI=1S/C18H22N2O4/c21-11-14-3-1-2-13(4-5-17(22)23)18(14)16-10-20(12-19-16)15-6-8-24-9-7-15/h1-3,10,12,15,21H,4-9,11H2,(H,22,23). The molecule has 1 fully saturated rings. The maximum atomic E-state index is 10.9. The molecule has 24 heavy (non-hydrogen) atoms. The number of hydrogen-bond acceptors (Lipinski definition) is 4. The first kappa shape index (κ1) is 16.7. The van der Waals surface area contributed by atoms with Crippen LogP contribution in [0.5, 0.6) is 0 Å². The van der Waals surface area contributed by atoms with Crippen LogP contribution in [0.25, 0.3) is 11.3 Å². The Morgan fingerprint density at radius 2 is 2.04 bits per heavy atom. The zero-order chi connectivity index (χ0) is 16.9. The van der Waals surface area contributed by atoms with Crippen molar-refractivity contribution >= 4 is 5.97 Å². The predicted octanol–water partition coefficient (Wildman–Crippen LogP) is 2.41. The van der Waals surface area contributed by atoms with Gasteiger partial charge < -0.3 is 19.5 Å². The third-order valence-corrected chi connectivity index (χ3v) is 4.49. The largest absolute Gasteiger partial charge is 0.481 e. The summed E-state index contributed by atoms with van der Waals surface area (Å²) < 4.78 is 7.50. The monoisotopic (exact) mass is 330 g/mol. The molecular weight excluding hydrogens is 308 g/mol. The number of aromatic nitrogens is 2. The molecule has 1 aliphatic heterocycles. The Balaban J connectivity index is 1.92. The highest BCUT2D eigenvalue weighted by molar-refractivity contribution is 5.70. The van der Waals surface area contributed by atoms with Crippen molar-refractivity contribution in [1.82, 2.24) is 9.55 Å². The van der Waals surface area contributed by atoms with Crippen LogP contribution in [0.4, 0.5) is 0 Å². The number of rotatable bonds is 6. The molecule has 6 nitrogen and oxygen atoms in total. The summed E-state index contributed by atoms with van der Waals surface area (Å²) in [6.45, 7) is 1.42. The van der Waals surface area contributed by atoms with Gasteiger partial charge in [0.1, 0.15) is 0 Å². The molecule has 1 saturated heterocycles. The second-order valence-corrected chi connectivity index (χ2v) is 6.05. The van der Waals surface area contributed by atoms with Crippen LogP contribution in [0, 0.1) is 0 Å². The highest BCUT2D eigenvalue weighted by Crippen LogP contribution is 2.30. The van der Waals surface area contributed by atoms with Crippen LogP contribution in [-0.2, 0) is 22.6 Å². The fourth-order valence-corrected chi connectivity index (χ4v) is 3.21. The highest BCUT2D eigenvalue weighted by Gasteiger charge is 2.18. The summed E-state index contributed by atoms with van der Waals surface area (Å²) >= 11 is 0. The van der Waals surface area contributed by atoms with Crippen molar-refractivity contribution in [2.75, 3.05) is 13.2 Å². The van der Waals surface area contributed by atoms with Gasteiger partial charge in [-0.05, 0) is 30.4 Å². The predicted molar refractivity (Wildman–Crippen MR) is 88.6 cm³/mol. The van der Waals surface area contributed by atoms with Gasteiger partial charge in [0.2, 0.25) is 0 Å². The van der Waals surface area contributed by atoms with Gasteiger partial charge in [0.15, 0.2) is 0 Å². The number of carboxylic acid groups (broad SMARTS) is 1. The van der Waals surface area contributed by atoms with Crippen molar-refractivity contribution in [2.45, 2.75) is 38.3 Å². The molecule has 0 spiro atoms. The van der Waals surface area contributed by atoms with E-state index < -0.39 is 5.97 Å². The minimum atomic E-state index is -0.830. The van der Waals surface area contributed by atoms with Gasteiger partial charge in [-0.15, -0.1) is 0 Å². The second-order valence-electron chi connectivity index (χ2n) is 6.05. The molecule has 0 unspecified atom stereocenters. The van der Waals surface area contributed by atoms with Crippen molar-refractivity contribution < 1.29 is 19.7 Å². The fourth-order valence-electron chi connectivity index (χ4n) is 3.21. The van der Waals surface area contributed by atoms with Crippen molar-refractivity contribution in [1.29, 1.82) is 0 Å². The molecule has 6 heteroatoms. The second kappa shape index (κ2) is 7.59. The van der Waals surface area contributed by atoms with Crippen molar-refractivity contribution in [3.63, 3.8) is 0 Å². The Kier molecular flexibility index (Phi) is 5.27. The minimum Gasteiger partial charge on any atom is -0.481 e. The lowest BCUT2D eigenvalue weighted by Crippen LogP contribution is -2.18. The van der Waals surface area contributed by atoms with E-state index in [0.717, 1.165) is 48.4 Å². The van der Waals surface area contributed by atoms with E-state index in [1.807, 2.05) is 30.7 Å². The average molecular weight is 330 g/mol. The zero-order valence-corrected chi connectivity index (χ0v) is 13.5. The molecule has 2 heterocycles. The highest BCUT2D eigenvalue weighted by atomic mass is 16.5. The van der Waals surface area contributed by atoms with Crippen LogP contribution in [-0.4, -0.2) is 38.9 Å². The lowest BCUT2D eigenvalue weighted by Gasteiger charge is -2.23. The van der Waals surface area contributed by atoms with E-state index in [0.29, 0.717) is 12.5 Å². The Bertz CT molecular complexity index is 705. The van der Waals surface area contributed by atoms with Crippen LogP contribution in [0.15, 0.2) is 30.7 Å². The molecular formula is C18H22N2O4. The van der Waals surface area contributed by atoms with Gasteiger partial charge in [-0.2, -0.15) is 0 Å². The van der Waals surface area contributed by atoms with E-state index in [-0.39, 0.29) is 13.0 Å². The minimum absolute atomic E-state index is 0.0581. The normalized spacial score (nSPS) is 15.5. The third-order valence-electron chi connectivity index (χ3n) is 4.49. The van der Waals surface area contributed by atoms with Gasteiger partial charge in [0.05, 0.1) is 18.6 Å². The van der Waals surface area contributed by atoms with E-state index in [1.165, 1.54) is 0 Å². The molecule has 0 aliphatic carbocycles. The average Bonchev–Trinajstić information content (AvgIpc) is 3.10. The third kappa shape index (κ3) is 3.66. The first-order chi connectivity index (χ1) is 11.7. The molecule has 0 atom stereocenters. The molecule has 0 radical (unpaired) electrons. The smallest absolute Gasteiger partial charge is 0.303 e. The SMILES string of the molecule is O=C(O)CCc1cccc(CO)c1-c1cn(C2CCOCC2)cn1. The number of imidazole rings is 1. The molecule has 0 saturated carbocycles. The summed E-state index contributed by atoms with van der Waals surface area (Å²) in [5.41, 5.74) is 3.31. The van der Waals surface area contributed by atoms with Crippen molar-refractivity contribution in [3.05, 3.63) is 41.9 Å². The topological polar surface area (TPSA) is 84.6 Å². The number of aryl methyl sites for hydroxylation is 1. The number of hydrogen-bond donors (Lipinski definition) is 2. The molecule has 1 aromatic heterocycles. The quantitative estimate of drug-likeness (QED) is 0.849. The van der Waals surface area contributed by atoms with E-state index in [1.54, 1.807) is 0 Å². The first-order valence-electron chi connectivity index (χ1n) is 8.24. The summed E-state index contributed by atoms with van der Waals surface area (Å²) in [6.07, 6.45) is 6.22. The maximum Gasteiger partial charge on any atom is 0.303 e. The summed E-state index contributed by atoms with van der Waals surface area (Å²) in [5.74, 6) is -0.830. The van der Waals surface area contributed by atoms with Crippen LogP contribution in [0.3, 0.4) is 0 Å². The van der Waals surface area contributed by atoms with Crippen LogP contribution in [0.1, 0.15) is 36.4 Å². The van der Waals surface area contributed by atoms with Gasteiger partial charge in [-0.3, -0.25) is 4.79 Å². The van der Waals surface area contributed by atoms with Gasteiger partial charge in [0.25, 0.3) is 0 Å². The Morgan fingerprint density at radius 3 is 2.75 bits per heavy atom. The van der Waals surface area contributed by atoms with E-state index in [9.17, 15) is 9.90 Å². The van der Waals surface area contributed by atoms with E-state index in [4.69, 9.17) is 9.84 Å². The summed E-state index contributed by atoms with van der Waals surface area (Å²) in [6, 6.07) is 5.99. The number of nitrogens with zero attached hydrogens (tertiary/aromatic N) is 2. The fraction of sp³-hybridized carbons (Fsp3) is 0.444. The Morgan fingerprint density at radius 1 is 1.29 bits per heavy atom. The maximum absolute atomic E-state index is 10.9. The first-order valence-corrected chi connectivity index (χ1v) is 8.24. The molecule has 1 aromatic carbocycles. The molecule has 0 bridgehead atoms. The van der Waals surface area contributed by atoms with Crippen LogP contribution < -0.4 is 0 Å². The molecule has 1 aliphatic rings. The molecule has 2 aromatic rings. The summed E-state index contributed by atoms with van der Waals surface area (Å²) in [5, 5.41) is 18.6. The lowest BCUT2D eigenvalue weighted by molar-refractivity contribution is -0.136. The van der Waals surface area contributed by atoms with E-state index in [2.05, 4.69) is 9.55 Å². The number of ether oxygens (including phenoxy) is 1. The van der Waals surface area contributed by atoms with Gasteiger partial charge in [-0.25, -0.2) is 4.98 Å². The van der Waals surface area contributed by atoms with Crippen molar-refractivity contribution in [2.24, 2.45) is 0 Å². The number of carbonyl (C=O) groups is 1. The number of aliphatic hydroxyl groups excluding tert-OH is 1. The van der Waals surface area contributed by atoms with Crippen LogP contribution >= 0.6 is 0 Å². The number of carboxylic acids is 1. The van der Waals surface area contributed by atoms with Crippen molar-refractivity contribution in [3.8, 4) is 11.3 Å². The van der Waals surface area contributed by atoms with Gasteiger partial charge >= 0.3 is 5.97 Å². The molecule has 128 valence electrons. The molecule has 2 N–H and O–H groups in total. The Labute approximate surface area is 140 Å². The van der Waals surface area contributed by atoms with Gasteiger partial charge in [-0.1, -0.05) is 18.2 Å². The zero-order valence-electron chi connectivity index (χ0n) is 13.5.